The van der Waals surface area contributed by atoms with Gasteiger partial charge in [0.15, 0.2) is 5.69 Å². The third-order valence-electron chi connectivity index (χ3n) is 6.20. The van der Waals surface area contributed by atoms with Crippen molar-refractivity contribution in [2.45, 2.75) is 32.4 Å². The highest BCUT2D eigenvalue weighted by Gasteiger charge is 2.39. The Morgan fingerprint density at radius 1 is 1.00 bits per heavy atom. The summed E-state index contributed by atoms with van der Waals surface area (Å²) in [6.07, 6.45) is 0.0612. The number of aliphatic carboxylic acids is 2. The smallest absolute Gasteiger partial charge is 0.358 e. The topological polar surface area (TPSA) is 159 Å². The summed E-state index contributed by atoms with van der Waals surface area (Å²) in [5.74, 6) is -4.14. The lowest BCUT2D eigenvalue weighted by Gasteiger charge is -2.35. The van der Waals surface area contributed by atoms with Gasteiger partial charge in [-0.1, -0.05) is 12.1 Å². The van der Waals surface area contributed by atoms with E-state index in [1.54, 1.807) is 49.4 Å². The summed E-state index contributed by atoms with van der Waals surface area (Å²) in [4.78, 5) is 58.6. The second-order valence-electron chi connectivity index (χ2n) is 8.57. The molecule has 1 aromatic heterocycles. The van der Waals surface area contributed by atoms with Crippen LogP contribution in [0.2, 0.25) is 0 Å². The van der Waals surface area contributed by atoms with Gasteiger partial charge >= 0.3 is 17.9 Å². The fourth-order valence-corrected chi connectivity index (χ4v) is 4.27. The SMILES string of the molecule is CCOC(=O)c1nc2ccccc2nc1CNc1ccc(C(=O)N2CCC(C(=O)O)CC2C(=O)O)cc1. The van der Waals surface area contributed by atoms with Crippen LogP contribution in [0.1, 0.15) is 46.3 Å². The summed E-state index contributed by atoms with van der Waals surface area (Å²) >= 11 is 0. The summed E-state index contributed by atoms with van der Waals surface area (Å²) in [7, 11) is 0. The average Bonchev–Trinajstić information content (AvgIpc) is 2.91. The lowest BCUT2D eigenvalue weighted by molar-refractivity contribution is -0.149. The lowest BCUT2D eigenvalue weighted by atomic mass is 9.90. The maximum absolute atomic E-state index is 13.0. The molecule has 3 aromatic rings. The van der Waals surface area contributed by atoms with Gasteiger partial charge < -0.3 is 25.2 Å². The number of likely N-dealkylation sites (tertiary alicyclic amines) is 1. The number of carbonyl (C=O) groups is 4. The molecule has 1 amide bonds. The minimum Gasteiger partial charge on any atom is -0.481 e. The first kappa shape index (κ1) is 25.5. The third kappa shape index (κ3) is 5.66. The van der Waals surface area contributed by atoms with E-state index in [0.717, 1.165) is 0 Å². The van der Waals surface area contributed by atoms with Crippen LogP contribution in [-0.2, 0) is 20.9 Å². The molecule has 11 heteroatoms. The van der Waals surface area contributed by atoms with Crippen LogP contribution in [0, 0.1) is 5.92 Å². The Bertz CT molecular complexity index is 1340. The third-order valence-corrected chi connectivity index (χ3v) is 6.20. The molecule has 0 aliphatic carbocycles. The van der Waals surface area contributed by atoms with Crippen LogP contribution in [0.15, 0.2) is 48.5 Å². The number of para-hydroxylation sites is 2. The molecule has 2 unspecified atom stereocenters. The number of nitrogens with zero attached hydrogens (tertiary/aromatic N) is 3. The highest BCUT2D eigenvalue weighted by atomic mass is 16.5. The molecule has 0 spiro atoms. The first-order valence-corrected chi connectivity index (χ1v) is 11.8. The van der Waals surface area contributed by atoms with Gasteiger partial charge in [0.1, 0.15) is 6.04 Å². The number of carboxylic acids is 2. The van der Waals surface area contributed by atoms with Crippen molar-refractivity contribution in [3.05, 3.63) is 65.5 Å². The number of hydrogen-bond donors (Lipinski definition) is 3. The van der Waals surface area contributed by atoms with Crippen molar-refractivity contribution in [2.24, 2.45) is 5.92 Å². The van der Waals surface area contributed by atoms with Crippen LogP contribution >= 0.6 is 0 Å². The number of carboxylic acid groups (broad SMARTS) is 2. The Morgan fingerprint density at radius 2 is 1.68 bits per heavy atom. The number of rotatable bonds is 8. The standard InChI is InChI=1S/C26H26N4O7/c1-2-37-26(36)22-20(28-18-5-3-4-6-19(18)29-22)14-27-17-9-7-15(8-10-17)23(31)30-12-11-16(24(32)33)13-21(30)25(34)35/h3-10,16,21,27H,2,11-14H2,1H3,(H,32,33)(H,34,35). The number of carbonyl (C=O) groups excluding carboxylic acids is 2. The first-order valence-electron chi connectivity index (χ1n) is 11.8. The van der Waals surface area contributed by atoms with E-state index in [9.17, 15) is 29.4 Å². The molecule has 2 atom stereocenters. The van der Waals surface area contributed by atoms with E-state index in [1.807, 2.05) is 6.07 Å². The fourth-order valence-electron chi connectivity index (χ4n) is 4.27. The largest absolute Gasteiger partial charge is 0.481 e. The molecule has 1 fully saturated rings. The van der Waals surface area contributed by atoms with Gasteiger partial charge in [0.2, 0.25) is 0 Å². The molecule has 0 radical (unpaired) electrons. The maximum atomic E-state index is 13.0. The predicted octanol–water partition coefficient (Wildman–Crippen LogP) is 2.81. The lowest BCUT2D eigenvalue weighted by Crippen LogP contribution is -2.51. The molecule has 192 valence electrons. The number of esters is 1. The monoisotopic (exact) mass is 506 g/mol. The van der Waals surface area contributed by atoms with E-state index < -0.39 is 35.8 Å². The molecule has 0 saturated carbocycles. The van der Waals surface area contributed by atoms with Gasteiger partial charge in [-0.05, 0) is 56.2 Å². The van der Waals surface area contributed by atoms with Crippen molar-refractivity contribution < 1.29 is 34.1 Å². The Hall–Kier alpha value is -4.54. The molecule has 1 saturated heterocycles. The van der Waals surface area contributed by atoms with Crippen molar-refractivity contribution in [2.75, 3.05) is 18.5 Å². The van der Waals surface area contributed by atoms with Gasteiger partial charge in [-0.15, -0.1) is 0 Å². The van der Waals surface area contributed by atoms with E-state index in [4.69, 9.17) is 4.74 Å². The fraction of sp³-hybridized carbons (Fsp3) is 0.308. The first-order chi connectivity index (χ1) is 17.8. The van der Waals surface area contributed by atoms with E-state index in [0.29, 0.717) is 22.4 Å². The molecule has 1 aliphatic rings. The molecule has 4 rings (SSSR count). The van der Waals surface area contributed by atoms with Crippen LogP contribution in [0.3, 0.4) is 0 Å². The quantitative estimate of drug-likeness (QED) is 0.388. The zero-order chi connectivity index (χ0) is 26.5. The number of ether oxygens (including phenoxy) is 1. The summed E-state index contributed by atoms with van der Waals surface area (Å²) in [6, 6.07) is 12.4. The number of nitrogens with one attached hydrogen (secondary N) is 1. The average molecular weight is 507 g/mol. The molecule has 3 N–H and O–H groups in total. The molecule has 0 bridgehead atoms. The summed E-state index contributed by atoms with van der Waals surface area (Å²) in [6.45, 7) is 2.12. The molecular formula is C26H26N4O7. The van der Waals surface area contributed by atoms with Crippen LogP contribution in [0.25, 0.3) is 11.0 Å². The number of aromatic nitrogens is 2. The van der Waals surface area contributed by atoms with Crippen LogP contribution in [-0.4, -0.2) is 68.1 Å². The normalized spacial score (nSPS) is 17.3. The van der Waals surface area contributed by atoms with Gasteiger partial charge in [0.25, 0.3) is 5.91 Å². The van der Waals surface area contributed by atoms with E-state index >= 15 is 0 Å². The Kier molecular flexibility index (Phi) is 7.61. The summed E-state index contributed by atoms with van der Waals surface area (Å²) < 4.78 is 5.13. The van der Waals surface area contributed by atoms with Gasteiger partial charge in [0.05, 0.1) is 35.8 Å². The summed E-state index contributed by atoms with van der Waals surface area (Å²) in [5, 5.41) is 21.9. The van der Waals surface area contributed by atoms with Gasteiger partial charge in [0, 0.05) is 17.8 Å². The number of hydrogen-bond acceptors (Lipinski definition) is 8. The molecule has 11 nitrogen and oxygen atoms in total. The highest BCUT2D eigenvalue weighted by molar-refractivity contribution is 5.97. The number of amides is 1. The minimum atomic E-state index is -1.23. The Morgan fingerprint density at radius 3 is 2.30 bits per heavy atom. The predicted molar refractivity (Wildman–Crippen MR) is 132 cm³/mol. The van der Waals surface area contributed by atoms with E-state index in [2.05, 4.69) is 15.3 Å². The van der Waals surface area contributed by atoms with Crippen molar-refractivity contribution in [3.8, 4) is 0 Å². The minimum absolute atomic E-state index is 0.0457. The molecule has 2 aromatic carbocycles. The number of benzene rings is 2. The molecule has 1 aliphatic heterocycles. The van der Waals surface area contributed by atoms with E-state index in [-0.39, 0.29) is 43.8 Å². The van der Waals surface area contributed by atoms with Crippen LogP contribution in [0.4, 0.5) is 5.69 Å². The Labute approximate surface area is 212 Å². The molecule has 37 heavy (non-hydrogen) atoms. The highest BCUT2D eigenvalue weighted by Crippen LogP contribution is 2.26. The van der Waals surface area contributed by atoms with Gasteiger partial charge in [-0.25, -0.2) is 19.6 Å². The molecule has 2 heterocycles. The van der Waals surface area contributed by atoms with Crippen molar-refractivity contribution in [1.29, 1.82) is 0 Å². The Balaban J connectivity index is 1.48. The number of anilines is 1. The van der Waals surface area contributed by atoms with Crippen molar-refractivity contribution in [1.82, 2.24) is 14.9 Å². The van der Waals surface area contributed by atoms with Gasteiger partial charge in [-0.2, -0.15) is 0 Å². The zero-order valence-electron chi connectivity index (χ0n) is 20.1. The second-order valence-corrected chi connectivity index (χ2v) is 8.57. The van der Waals surface area contributed by atoms with Crippen molar-refractivity contribution in [3.63, 3.8) is 0 Å². The van der Waals surface area contributed by atoms with Crippen LogP contribution in [0.5, 0.6) is 0 Å². The maximum Gasteiger partial charge on any atom is 0.358 e. The van der Waals surface area contributed by atoms with Gasteiger partial charge in [-0.3, -0.25) is 9.59 Å². The zero-order valence-corrected chi connectivity index (χ0v) is 20.1. The van der Waals surface area contributed by atoms with Crippen molar-refractivity contribution >= 4 is 40.5 Å². The second kappa shape index (κ2) is 11.0. The van der Waals surface area contributed by atoms with E-state index in [1.165, 1.54) is 4.90 Å². The number of piperidine rings is 1. The molecular weight excluding hydrogens is 480 g/mol. The summed E-state index contributed by atoms with van der Waals surface area (Å²) in [5.41, 5.74) is 2.65. The van der Waals surface area contributed by atoms with Crippen LogP contribution < -0.4 is 5.32 Å². The number of fused-ring (bicyclic) bond motifs is 1.